The highest BCUT2D eigenvalue weighted by Gasteiger charge is 2.19. The standard InChI is InChI=1S/C17H24FNO2/c1-19(11-13-6-4-3-5-7-13)12-16(20)15-10-14(18)8-9-17(15)21-2/h8-10,13H,3-7,11-12H2,1-2H3. The van der Waals surface area contributed by atoms with Gasteiger partial charge in [-0.3, -0.25) is 9.69 Å². The van der Waals surface area contributed by atoms with Crippen molar-refractivity contribution in [3.63, 3.8) is 0 Å². The molecule has 4 heteroatoms. The number of rotatable bonds is 6. The van der Waals surface area contributed by atoms with Crippen LogP contribution in [0, 0.1) is 11.7 Å². The van der Waals surface area contributed by atoms with Crippen molar-refractivity contribution in [1.82, 2.24) is 4.90 Å². The van der Waals surface area contributed by atoms with Crippen LogP contribution in [0.4, 0.5) is 4.39 Å². The maximum atomic E-state index is 13.3. The Hall–Kier alpha value is -1.42. The van der Waals surface area contributed by atoms with E-state index in [4.69, 9.17) is 4.74 Å². The largest absolute Gasteiger partial charge is 0.496 e. The zero-order chi connectivity index (χ0) is 15.2. The molecule has 0 bridgehead atoms. The van der Waals surface area contributed by atoms with E-state index in [9.17, 15) is 9.18 Å². The molecule has 0 amide bonds. The van der Waals surface area contributed by atoms with Gasteiger partial charge < -0.3 is 4.74 Å². The Morgan fingerprint density at radius 2 is 2.05 bits per heavy atom. The number of Topliss-reactive ketones (excluding diaryl/α,β-unsaturated/α-hetero) is 1. The summed E-state index contributed by atoms with van der Waals surface area (Å²) in [4.78, 5) is 14.4. The monoisotopic (exact) mass is 293 g/mol. The van der Waals surface area contributed by atoms with Gasteiger partial charge in [0.05, 0.1) is 19.2 Å². The van der Waals surface area contributed by atoms with Crippen molar-refractivity contribution >= 4 is 5.78 Å². The van der Waals surface area contributed by atoms with Gasteiger partial charge in [-0.2, -0.15) is 0 Å². The van der Waals surface area contributed by atoms with Gasteiger partial charge in [0, 0.05) is 6.54 Å². The number of hydrogen-bond donors (Lipinski definition) is 0. The number of ether oxygens (including phenoxy) is 1. The fourth-order valence-electron chi connectivity index (χ4n) is 3.10. The van der Waals surface area contributed by atoms with E-state index in [1.54, 1.807) is 0 Å². The number of nitrogens with zero attached hydrogens (tertiary/aromatic N) is 1. The van der Waals surface area contributed by atoms with Crippen LogP contribution in [-0.4, -0.2) is 37.9 Å². The van der Waals surface area contributed by atoms with Gasteiger partial charge in [-0.1, -0.05) is 19.3 Å². The molecule has 21 heavy (non-hydrogen) atoms. The minimum absolute atomic E-state index is 0.0929. The number of carbonyl (C=O) groups excluding carboxylic acids is 1. The van der Waals surface area contributed by atoms with Gasteiger partial charge in [0.1, 0.15) is 11.6 Å². The molecule has 0 unspecified atom stereocenters. The zero-order valence-corrected chi connectivity index (χ0v) is 12.9. The number of methoxy groups -OCH3 is 1. The predicted molar refractivity (Wildman–Crippen MR) is 81.4 cm³/mol. The SMILES string of the molecule is COc1ccc(F)cc1C(=O)CN(C)CC1CCCCC1. The van der Waals surface area contributed by atoms with Crippen LogP contribution < -0.4 is 4.74 Å². The summed E-state index contributed by atoms with van der Waals surface area (Å²) in [6, 6.07) is 4.07. The molecule has 1 aromatic carbocycles. The van der Waals surface area contributed by atoms with Gasteiger partial charge >= 0.3 is 0 Å². The third-order valence-corrected chi connectivity index (χ3v) is 4.17. The molecule has 0 atom stereocenters. The molecule has 0 heterocycles. The molecule has 1 aliphatic rings. The number of halogens is 1. The second kappa shape index (κ2) is 7.55. The molecular formula is C17H24FNO2. The van der Waals surface area contributed by atoms with Crippen LogP contribution in [-0.2, 0) is 0 Å². The number of benzene rings is 1. The molecule has 0 spiro atoms. The second-order valence-corrected chi connectivity index (χ2v) is 5.97. The molecule has 1 aromatic rings. The lowest BCUT2D eigenvalue weighted by Crippen LogP contribution is -2.31. The first-order valence-corrected chi connectivity index (χ1v) is 7.65. The van der Waals surface area contributed by atoms with Crippen LogP contribution in [0.2, 0.25) is 0 Å². The highest BCUT2D eigenvalue weighted by atomic mass is 19.1. The molecule has 0 aromatic heterocycles. The normalized spacial score (nSPS) is 16.2. The van der Waals surface area contributed by atoms with E-state index in [0.29, 0.717) is 23.8 Å². The van der Waals surface area contributed by atoms with E-state index in [-0.39, 0.29) is 5.78 Å². The van der Waals surface area contributed by atoms with Crippen LogP contribution in [0.3, 0.4) is 0 Å². The Kier molecular flexibility index (Phi) is 5.74. The summed E-state index contributed by atoms with van der Waals surface area (Å²) in [5, 5.41) is 0. The third kappa shape index (κ3) is 4.53. The van der Waals surface area contributed by atoms with Crippen molar-refractivity contribution in [3.05, 3.63) is 29.6 Å². The molecule has 116 valence electrons. The Morgan fingerprint density at radius 1 is 1.33 bits per heavy atom. The van der Waals surface area contributed by atoms with E-state index in [0.717, 1.165) is 6.54 Å². The summed E-state index contributed by atoms with van der Waals surface area (Å²) in [5.74, 6) is 0.622. The number of likely N-dealkylation sites (N-methyl/N-ethyl adjacent to an activating group) is 1. The van der Waals surface area contributed by atoms with E-state index in [1.165, 1.54) is 57.4 Å². The molecule has 1 aliphatic carbocycles. The average Bonchev–Trinajstić information content (AvgIpc) is 2.48. The predicted octanol–water partition coefficient (Wildman–Crippen LogP) is 3.53. The maximum absolute atomic E-state index is 13.3. The fourth-order valence-corrected chi connectivity index (χ4v) is 3.10. The first-order valence-electron chi connectivity index (χ1n) is 7.65. The maximum Gasteiger partial charge on any atom is 0.180 e. The van der Waals surface area contributed by atoms with Crippen LogP contribution in [0.15, 0.2) is 18.2 Å². The van der Waals surface area contributed by atoms with E-state index in [2.05, 4.69) is 0 Å². The summed E-state index contributed by atoms with van der Waals surface area (Å²) in [6.45, 7) is 1.24. The topological polar surface area (TPSA) is 29.5 Å². The summed E-state index contributed by atoms with van der Waals surface area (Å²) >= 11 is 0. The van der Waals surface area contributed by atoms with Gasteiger partial charge in [0.25, 0.3) is 0 Å². The lowest BCUT2D eigenvalue weighted by atomic mass is 9.89. The van der Waals surface area contributed by atoms with Crippen LogP contribution in [0.25, 0.3) is 0 Å². The van der Waals surface area contributed by atoms with E-state index >= 15 is 0 Å². The van der Waals surface area contributed by atoms with E-state index in [1.807, 2.05) is 11.9 Å². The highest BCUT2D eigenvalue weighted by Crippen LogP contribution is 2.24. The summed E-state index contributed by atoms with van der Waals surface area (Å²) in [7, 11) is 3.45. The number of carbonyl (C=O) groups is 1. The summed E-state index contributed by atoms with van der Waals surface area (Å²) in [6.07, 6.45) is 6.43. The van der Waals surface area contributed by atoms with Crippen molar-refractivity contribution in [2.75, 3.05) is 27.2 Å². The lowest BCUT2D eigenvalue weighted by Gasteiger charge is -2.26. The second-order valence-electron chi connectivity index (χ2n) is 5.97. The number of ketones is 1. The fraction of sp³-hybridized carbons (Fsp3) is 0.588. The Labute approximate surface area is 126 Å². The molecule has 0 radical (unpaired) electrons. The average molecular weight is 293 g/mol. The first kappa shape index (κ1) is 16.0. The van der Waals surface area contributed by atoms with Crippen LogP contribution in [0.5, 0.6) is 5.75 Å². The zero-order valence-electron chi connectivity index (χ0n) is 12.9. The van der Waals surface area contributed by atoms with Gasteiger partial charge in [-0.25, -0.2) is 4.39 Å². The molecule has 2 rings (SSSR count). The van der Waals surface area contributed by atoms with Crippen molar-refractivity contribution in [2.24, 2.45) is 5.92 Å². The van der Waals surface area contributed by atoms with Crippen molar-refractivity contribution in [1.29, 1.82) is 0 Å². The summed E-state index contributed by atoms with van der Waals surface area (Å²) in [5.41, 5.74) is 0.327. The third-order valence-electron chi connectivity index (χ3n) is 4.17. The molecule has 0 aliphatic heterocycles. The minimum Gasteiger partial charge on any atom is -0.496 e. The molecular weight excluding hydrogens is 269 g/mol. The quantitative estimate of drug-likeness (QED) is 0.751. The van der Waals surface area contributed by atoms with Crippen molar-refractivity contribution in [2.45, 2.75) is 32.1 Å². The van der Waals surface area contributed by atoms with Gasteiger partial charge in [-0.15, -0.1) is 0 Å². The van der Waals surface area contributed by atoms with Gasteiger partial charge in [-0.05, 0) is 44.0 Å². The van der Waals surface area contributed by atoms with E-state index < -0.39 is 5.82 Å². The Morgan fingerprint density at radius 3 is 2.71 bits per heavy atom. The van der Waals surface area contributed by atoms with Crippen molar-refractivity contribution < 1.29 is 13.9 Å². The molecule has 1 saturated carbocycles. The van der Waals surface area contributed by atoms with Crippen molar-refractivity contribution in [3.8, 4) is 5.75 Å². The highest BCUT2D eigenvalue weighted by molar-refractivity contribution is 6.00. The molecule has 0 N–H and O–H groups in total. The molecule has 0 saturated heterocycles. The molecule has 1 fully saturated rings. The lowest BCUT2D eigenvalue weighted by molar-refractivity contribution is 0.0929. The van der Waals surface area contributed by atoms with Crippen LogP contribution >= 0.6 is 0 Å². The Balaban J connectivity index is 1.95. The van der Waals surface area contributed by atoms with Gasteiger partial charge in [0.15, 0.2) is 5.78 Å². The number of hydrogen-bond acceptors (Lipinski definition) is 3. The first-order chi connectivity index (χ1) is 10.1. The van der Waals surface area contributed by atoms with Crippen LogP contribution in [0.1, 0.15) is 42.5 Å². The summed E-state index contributed by atoms with van der Waals surface area (Å²) < 4.78 is 18.5. The molecule has 3 nitrogen and oxygen atoms in total. The Bertz CT molecular complexity index is 484. The smallest absolute Gasteiger partial charge is 0.180 e. The van der Waals surface area contributed by atoms with Gasteiger partial charge in [0.2, 0.25) is 0 Å². The minimum atomic E-state index is -0.408.